The van der Waals surface area contributed by atoms with Gasteiger partial charge in [-0.25, -0.2) is 9.37 Å². The van der Waals surface area contributed by atoms with Gasteiger partial charge in [0.1, 0.15) is 11.3 Å². The zero-order chi connectivity index (χ0) is 16.4. The molecule has 0 spiro atoms. The summed E-state index contributed by atoms with van der Waals surface area (Å²) in [6.45, 7) is 7.08. The first-order chi connectivity index (χ1) is 11.1. The number of aromatic nitrogens is 1. The lowest BCUT2D eigenvalue weighted by molar-refractivity contribution is -0.135. The van der Waals surface area contributed by atoms with Crippen molar-refractivity contribution in [2.24, 2.45) is 5.92 Å². The minimum Gasteiger partial charge on any atom is -0.347 e. The number of hydrogen-bond donors (Lipinski definition) is 0. The van der Waals surface area contributed by atoms with Crippen molar-refractivity contribution in [3.8, 4) is 0 Å². The first-order valence-corrected chi connectivity index (χ1v) is 9.04. The van der Waals surface area contributed by atoms with E-state index in [1.807, 2.05) is 24.8 Å². The second-order valence-electron chi connectivity index (χ2n) is 5.88. The van der Waals surface area contributed by atoms with Crippen LogP contribution in [0.2, 0.25) is 0 Å². The number of piperidine rings is 1. The maximum Gasteiger partial charge on any atom is 0.227 e. The van der Waals surface area contributed by atoms with Crippen LogP contribution < -0.4 is 4.90 Å². The number of rotatable bonds is 4. The van der Waals surface area contributed by atoms with Gasteiger partial charge < -0.3 is 9.80 Å². The molecule has 3 rings (SSSR count). The van der Waals surface area contributed by atoms with E-state index in [1.54, 1.807) is 6.07 Å². The zero-order valence-electron chi connectivity index (χ0n) is 13.6. The second kappa shape index (κ2) is 6.83. The van der Waals surface area contributed by atoms with Crippen molar-refractivity contribution in [2.75, 3.05) is 31.1 Å². The van der Waals surface area contributed by atoms with Crippen LogP contribution in [0.25, 0.3) is 10.2 Å². The number of amides is 1. The van der Waals surface area contributed by atoms with Crippen LogP contribution in [0.4, 0.5) is 9.52 Å². The maximum atomic E-state index is 13.8. The standard InChI is InChI=1S/C17H22FN3OS/c1-3-20(4-2)16(22)12-7-6-10-21(11-12)17-19-15-13(18)8-5-9-14(15)23-17/h5,8-9,12H,3-4,6-7,10-11H2,1-2H3. The van der Waals surface area contributed by atoms with Crippen LogP contribution in [0.3, 0.4) is 0 Å². The normalized spacial score (nSPS) is 18.4. The Hall–Kier alpha value is -1.69. The number of carbonyl (C=O) groups excluding carboxylic acids is 1. The van der Waals surface area contributed by atoms with Crippen LogP contribution in [-0.4, -0.2) is 42.0 Å². The minimum absolute atomic E-state index is 0.0144. The summed E-state index contributed by atoms with van der Waals surface area (Å²) >= 11 is 1.50. The zero-order valence-corrected chi connectivity index (χ0v) is 14.4. The van der Waals surface area contributed by atoms with Gasteiger partial charge in [0, 0.05) is 26.2 Å². The molecular formula is C17H22FN3OS. The number of benzene rings is 1. The quantitative estimate of drug-likeness (QED) is 0.858. The smallest absolute Gasteiger partial charge is 0.227 e. The molecule has 1 fully saturated rings. The molecule has 0 N–H and O–H groups in total. The van der Waals surface area contributed by atoms with Gasteiger partial charge in [0.2, 0.25) is 5.91 Å². The topological polar surface area (TPSA) is 36.4 Å². The third-order valence-electron chi connectivity index (χ3n) is 4.47. The summed E-state index contributed by atoms with van der Waals surface area (Å²) in [5, 5.41) is 0.821. The first-order valence-electron chi connectivity index (χ1n) is 8.22. The summed E-state index contributed by atoms with van der Waals surface area (Å²) in [5.41, 5.74) is 0.435. The van der Waals surface area contributed by atoms with Crippen LogP contribution >= 0.6 is 11.3 Å². The third-order valence-corrected chi connectivity index (χ3v) is 5.56. The molecule has 6 heteroatoms. The van der Waals surface area contributed by atoms with Gasteiger partial charge in [-0.15, -0.1) is 0 Å². The van der Waals surface area contributed by atoms with E-state index >= 15 is 0 Å². The Morgan fingerprint density at radius 3 is 2.91 bits per heavy atom. The molecule has 2 aromatic rings. The molecule has 1 aromatic heterocycles. The summed E-state index contributed by atoms with van der Waals surface area (Å²) in [5.74, 6) is -0.0368. The van der Waals surface area contributed by atoms with Crippen molar-refractivity contribution < 1.29 is 9.18 Å². The Bertz CT molecular complexity index is 698. The number of carbonyl (C=O) groups is 1. The van der Waals surface area contributed by atoms with Crippen molar-refractivity contribution in [1.82, 2.24) is 9.88 Å². The lowest BCUT2D eigenvalue weighted by atomic mass is 9.97. The summed E-state index contributed by atoms with van der Waals surface area (Å²) in [6.07, 6.45) is 1.89. The molecule has 0 saturated carbocycles. The van der Waals surface area contributed by atoms with Crippen LogP contribution in [0.1, 0.15) is 26.7 Å². The van der Waals surface area contributed by atoms with Gasteiger partial charge in [-0.1, -0.05) is 17.4 Å². The average Bonchev–Trinajstić information content (AvgIpc) is 3.02. The summed E-state index contributed by atoms with van der Waals surface area (Å²) in [7, 11) is 0. The molecular weight excluding hydrogens is 313 g/mol. The summed E-state index contributed by atoms with van der Waals surface area (Å²) < 4.78 is 14.7. The molecule has 0 radical (unpaired) electrons. The second-order valence-corrected chi connectivity index (χ2v) is 6.89. The van der Waals surface area contributed by atoms with Gasteiger partial charge in [0.15, 0.2) is 5.13 Å². The predicted octanol–water partition coefficient (Wildman–Crippen LogP) is 3.52. The van der Waals surface area contributed by atoms with Gasteiger partial charge in [-0.3, -0.25) is 4.79 Å². The van der Waals surface area contributed by atoms with E-state index in [0.717, 1.165) is 42.3 Å². The first kappa shape index (κ1) is 16.2. The fourth-order valence-electron chi connectivity index (χ4n) is 3.18. The number of thiazole rings is 1. The lowest BCUT2D eigenvalue weighted by Gasteiger charge is -2.34. The Morgan fingerprint density at radius 1 is 1.43 bits per heavy atom. The van der Waals surface area contributed by atoms with Gasteiger partial charge in [0.05, 0.1) is 10.6 Å². The van der Waals surface area contributed by atoms with Crippen molar-refractivity contribution in [3.05, 3.63) is 24.0 Å². The summed E-state index contributed by atoms with van der Waals surface area (Å²) in [6, 6.07) is 5.04. The number of anilines is 1. The molecule has 124 valence electrons. The molecule has 1 atom stereocenters. The van der Waals surface area contributed by atoms with Crippen LogP contribution in [0, 0.1) is 11.7 Å². The fourth-order valence-corrected chi connectivity index (χ4v) is 4.20. The molecule has 1 unspecified atom stereocenters. The predicted molar refractivity (Wildman–Crippen MR) is 92.4 cm³/mol. The van der Waals surface area contributed by atoms with E-state index in [1.165, 1.54) is 17.4 Å². The fraction of sp³-hybridized carbons (Fsp3) is 0.529. The molecule has 1 aliphatic rings. The van der Waals surface area contributed by atoms with Gasteiger partial charge in [0.25, 0.3) is 0 Å². The van der Waals surface area contributed by atoms with Crippen LogP contribution in [-0.2, 0) is 4.79 Å². The van der Waals surface area contributed by atoms with E-state index in [-0.39, 0.29) is 17.6 Å². The average molecular weight is 335 g/mol. The lowest BCUT2D eigenvalue weighted by Crippen LogP contribution is -2.44. The van der Waals surface area contributed by atoms with Gasteiger partial charge in [-0.2, -0.15) is 0 Å². The Kier molecular flexibility index (Phi) is 4.80. The largest absolute Gasteiger partial charge is 0.347 e. The number of nitrogens with zero attached hydrogens (tertiary/aromatic N) is 3. The van der Waals surface area contributed by atoms with E-state index in [0.29, 0.717) is 12.1 Å². The highest BCUT2D eigenvalue weighted by molar-refractivity contribution is 7.22. The van der Waals surface area contributed by atoms with E-state index in [9.17, 15) is 9.18 Å². The number of halogens is 1. The monoisotopic (exact) mass is 335 g/mol. The van der Waals surface area contributed by atoms with Crippen molar-refractivity contribution in [1.29, 1.82) is 0 Å². The summed E-state index contributed by atoms with van der Waals surface area (Å²) in [4.78, 5) is 21.1. The van der Waals surface area contributed by atoms with Crippen LogP contribution in [0.15, 0.2) is 18.2 Å². The molecule has 23 heavy (non-hydrogen) atoms. The Labute approximate surface area is 139 Å². The highest BCUT2D eigenvalue weighted by atomic mass is 32.1. The van der Waals surface area contributed by atoms with Gasteiger partial charge in [-0.05, 0) is 38.8 Å². The maximum absolute atomic E-state index is 13.8. The molecule has 0 aliphatic carbocycles. The molecule has 1 saturated heterocycles. The van der Waals surface area contributed by atoms with Gasteiger partial charge >= 0.3 is 0 Å². The highest BCUT2D eigenvalue weighted by Gasteiger charge is 2.29. The van der Waals surface area contributed by atoms with E-state index in [2.05, 4.69) is 9.88 Å². The van der Waals surface area contributed by atoms with Crippen LogP contribution in [0.5, 0.6) is 0 Å². The van der Waals surface area contributed by atoms with Crippen molar-refractivity contribution in [2.45, 2.75) is 26.7 Å². The SMILES string of the molecule is CCN(CC)C(=O)C1CCCN(c2nc3c(F)cccc3s2)C1. The number of fused-ring (bicyclic) bond motifs is 1. The minimum atomic E-state index is -0.280. The van der Waals surface area contributed by atoms with Crippen molar-refractivity contribution >= 4 is 32.6 Å². The molecule has 1 aromatic carbocycles. The Balaban J connectivity index is 1.80. The third kappa shape index (κ3) is 3.17. The number of hydrogen-bond acceptors (Lipinski definition) is 4. The molecule has 0 bridgehead atoms. The van der Waals surface area contributed by atoms with E-state index in [4.69, 9.17) is 0 Å². The molecule has 1 amide bonds. The van der Waals surface area contributed by atoms with Crippen molar-refractivity contribution in [3.63, 3.8) is 0 Å². The Morgan fingerprint density at radius 2 is 2.22 bits per heavy atom. The highest BCUT2D eigenvalue weighted by Crippen LogP contribution is 2.32. The molecule has 4 nitrogen and oxygen atoms in total. The van der Waals surface area contributed by atoms with E-state index < -0.39 is 0 Å². The molecule has 2 heterocycles. The number of para-hydroxylation sites is 1. The molecule has 1 aliphatic heterocycles.